The Kier molecular flexibility index (Phi) is 4.46. The lowest BCUT2D eigenvalue weighted by atomic mass is 10.1. The highest BCUT2D eigenvalue weighted by Gasteiger charge is 2.18. The fourth-order valence-corrected chi connectivity index (χ4v) is 2.86. The summed E-state index contributed by atoms with van der Waals surface area (Å²) in [5.74, 6) is 0.608. The molecular weight excluding hydrogens is 284 g/mol. The molecule has 21 heavy (non-hydrogen) atoms. The van der Waals surface area contributed by atoms with Crippen LogP contribution in [0, 0.1) is 11.7 Å². The van der Waals surface area contributed by atoms with Crippen LogP contribution in [0.1, 0.15) is 51.9 Å². The number of nitrogens with zero attached hydrogens (tertiary/aromatic N) is 3. The maximum Gasteiger partial charge on any atom is 0.262 e. The van der Waals surface area contributed by atoms with E-state index in [0.717, 1.165) is 12.1 Å². The first-order valence-corrected chi connectivity index (χ1v) is 7.68. The smallest absolute Gasteiger partial charge is 0.262 e. The van der Waals surface area contributed by atoms with Gasteiger partial charge in [-0.1, -0.05) is 6.92 Å². The third-order valence-corrected chi connectivity index (χ3v) is 4.10. The highest BCUT2D eigenvalue weighted by atomic mass is 32.1. The Hall–Kier alpha value is -1.69. The molecule has 2 heterocycles. The minimum absolute atomic E-state index is 0.0137. The Morgan fingerprint density at radius 3 is 2.52 bits per heavy atom. The lowest BCUT2D eigenvalue weighted by Crippen LogP contribution is -2.27. The van der Waals surface area contributed by atoms with E-state index < -0.39 is 0 Å². The maximum absolute atomic E-state index is 12.8. The molecule has 0 spiro atoms. The van der Waals surface area contributed by atoms with Gasteiger partial charge >= 0.3 is 0 Å². The zero-order valence-corrected chi connectivity index (χ0v) is 14.0. The third kappa shape index (κ3) is 2.72. The Labute approximate surface area is 129 Å². The van der Waals surface area contributed by atoms with Crippen molar-refractivity contribution in [2.24, 2.45) is 0 Å². The van der Waals surface area contributed by atoms with Crippen LogP contribution >= 0.6 is 12.2 Å². The maximum atomic E-state index is 12.8. The molecule has 0 radical (unpaired) electrons. The highest BCUT2D eigenvalue weighted by Crippen LogP contribution is 2.20. The fourth-order valence-electron chi connectivity index (χ4n) is 2.52. The van der Waals surface area contributed by atoms with Crippen molar-refractivity contribution in [1.29, 1.82) is 0 Å². The molecule has 0 aliphatic carbocycles. The molecule has 2 aromatic rings. The van der Waals surface area contributed by atoms with Gasteiger partial charge in [0.2, 0.25) is 0 Å². The minimum Gasteiger partial charge on any atom is -0.310 e. The number of pyridine rings is 1. The molecule has 2 aromatic heterocycles. The van der Waals surface area contributed by atoms with Crippen LogP contribution in [0.2, 0.25) is 0 Å². The largest absolute Gasteiger partial charge is 0.310 e. The summed E-state index contributed by atoms with van der Waals surface area (Å²) in [7, 11) is 0. The van der Waals surface area contributed by atoms with Crippen LogP contribution < -0.4 is 5.56 Å². The van der Waals surface area contributed by atoms with E-state index >= 15 is 0 Å². The van der Waals surface area contributed by atoms with Gasteiger partial charge in [0.25, 0.3) is 5.56 Å². The Morgan fingerprint density at radius 1 is 1.29 bits per heavy atom. The number of aromatic amines is 1. The number of hydrogen-bond donors (Lipinski definition) is 1. The third-order valence-electron chi connectivity index (χ3n) is 3.81. The van der Waals surface area contributed by atoms with Crippen molar-refractivity contribution in [3.8, 4) is 11.4 Å². The quantitative estimate of drug-likeness (QED) is 0.878. The number of rotatable bonds is 4. The van der Waals surface area contributed by atoms with Gasteiger partial charge in [0, 0.05) is 17.8 Å². The molecule has 114 valence electrons. The number of aromatic nitrogens is 4. The van der Waals surface area contributed by atoms with Gasteiger partial charge in [0.1, 0.15) is 0 Å². The second kappa shape index (κ2) is 5.97. The van der Waals surface area contributed by atoms with Crippen molar-refractivity contribution in [3.05, 3.63) is 33.0 Å². The first-order valence-electron chi connectivity index (χ1n) is 7.27. The molecule has 0 saturated carbocycles. The summed E-state index contributed by atoms with van der Waals surface area (Å²) >= 11 is 5.26. The van der Waals surface area contributed by atoms with Crippen LogP contribution in [0.5, 0.6) is 0 Å². The molecule has 1 unspecified atom stereocenters. The zero-order valence-electron chi connectivity index (χ0n) is 13.2. The summed E-state index contributed by atoms with van der Waals surface area (Å²) in [6.07, 6.45) is 0.904. The van der Waals surface area contributed by atoms with Crippen LogP contribution in [-0.4, -0.2) is 19.3 Å². The summed E-state index contributed by atoms with van der Waals surface area (Å²) in [4.78, 5) is 12.8. The molecule has 0 amide bonds. The summed E-state index contributed by atoms with van der Waals surface area (Å²) in [6, 6.07) is 4.10. The van der Waals surface area contributed by atoms with E-state index in [2.05, 4.69) is 24.0 Å². The van der Waals surface area contributed by atoms with Gasteiger partial charge in [-0.3, -0.25) is 14.5 Å². The van der Waals surface area contributed by atoms with Crippen molar-refractivity contribution >= 4 is 12.2 Å². The van der Waals surface area contributed by atoms with E-state index in [1.54, 1.807) is 0 Å². The Morgan fingerprint density at radius 2 is 1.95 bits per heavy atom. The summed E-state index contributed by atoms with van der Waals surface area (Å²) in [5, 5.41) is 7.05. The van der Waals surface area contributed by atoms with Crippen molar-refractivity contribution in [1.82, 2.24) is 19.3 Å². The molecule has 1 atom stereocenters. The van der Waals surface area contributed by atoms with Crippen molar-refractivity contribution in [2.75, 3.05) is 0 Å². The minimum atomic E-state index is -0.0137. The van der Waals surface area contributed by atoms with E-state index in [4.69, 9.17) is 12.2 Å². The number of nitrogens with one attached hydrogen (secondary N) is 1. The van der Waals surface area contributed by atoms with Crippen molar-refractivity contribution in [3.63, 3.8) is 0 Å². The highest BCUT2D eigenvalue weighted by molar-refractivity contribution is 7.71. The van der Waals surface area contributed by atoms with Gasteiger partial charge in [0.05, 0.1) is 5.56 Å². The monoisotopic (exact) mass is 306 g/mol. The number of H-pyrrole nitrogens is 1. The zero-order chi connectivity index (χ0) is 15.7. The van der Waals surface area contributed by atoms with Crippen LogP contribution in [0.15, 0.2) is 16.9 Å². The second-order valence-electron chi connectivity index (χ2n) is 5.64. The standard InChI is InChI=1S/C15H22N4OS/c1-6-10(4)19-11(5)7-8-12(14(19)20)13-16-17-15(21)18(13)9(2)3/h7-10H,6H2,1-5H3,(H,17,21). The average molecular weight is 306 g/mol. The molecule has 0 fully saturated rings. The van der Waals surface area contributed by atoms with Crippen molar-refractivity contribution < 1.29 is 0 Å². The van der Waals surface area contributed by atoms with E-state index in [-0.39, 0.29) is 17.6 Å². The summed E-state index contributed by atoms with van der Waals surface area (Å²) < 4.78 is 4.25. The summed E-state index contributed by atoms with van der Waals surface area (Å²) in [5.41, 5.74) is 1.53. The predicted octanol–water partition coefficient (Wildman–Crippen LogP) is 3.63. The molecule has 0 aliphatic rings. The molecular formula is C15H22N4OS. The SMILES string of the molecule is CCC(C)n1c(C)ccc(-c2n[nH]c(=S)n2C(C)C)c1=O. The first kappa shape index (κ1) is 15.7. The average Bonchev–Trinajstić information content (AvgIpc) is 2.80. The van der Waals surface area contributed by atoms with E-state index in [1.165, 1.54) is 0 Å². The topological polar surface area (TPSA) is 55.6 Å². The van der Waals surface area contributed by atoms with Gasteiger partial charge in [-0.05, 0) is 58.5 Å². The predicted molar refractivity (Wildman–Crippen MR) is 87.2 cm³/mol. The van der Waals surface area contributed by atoms with Gasteiger partial charge < -0.3 is 4.57 Å². The van der Waals surface area contributed by atoms with Crippen LogP contribution in [0.25, 0.3) is 11.4 Å². The van der Waals surface area contributed by atoms with Gasteiger partial charge in [0.15, 0.2) is 10.6 Å². The van der Waals surface area contributed by atoms with E-state index in [9.17, 15) is 4.79 Å². The number of aryl methyl sites for hydroxylation is 1. The van der Waals surface area contributed by atoms with Gasteiger partial charge in [-0.15, -0.1) is 0 Å². The summed E-state index contributed by atoms with van der Waals surface area (Å²) in [6.45, 7) is 10.1. The molecule has 0 aromatic carbocycles. The van der Waals surface area contributed by atoms with Gasteiger partial charge in [-0.2, -0.15) is 5.10 Å². The van der Waals surface area contributed by atoms with E-state index in [1.807, 2.05) is 42.0 Å². The van der Waals surface area contributed by atoms with E-state index in [0.29, 0.717) is 16.2 Å². The molecule has 0 bridgehead atoms. The normalized spacial score (nSPS) is 12.9. The molecule has 1 N–H and O–H groups in total. The fraction of sp³-hybridized carbons (Fsp3) is 0.533. The molecule has 0 saturated heterocycles. The molecule has 0 aliphatic heterocycles. The van der Waals surface area contributed by atoms with Crippen LogP contribution in [-0.2, 0) is 0 Å². The molecule has 2 rings (SSSR count). The van der Waals surface area contributed by atoms with Crippen LogP contribution in [0.4, 0.5) is 0 Å². The van der Waals surface area contributed by atoms with Gasteiger partial charge in [-0.25, -0.2) is 0 Å². The molecule has 6 heteroatoms. The first-order chi connectivity index (χ1) is 9.88. The Balaban J connectivity index is 2.73. The van der Waals surface area contributed by atoms with Crippen molar-refractivity contribution in [2.45, 2.75) is 53.1 Å². The lowest BCUT2D eigenvalue weighted by Gasteiger charge is -2.18. The number of hydrogen-bond acceptors (Lipinski definition) is 3. The lowest BCUT2D eigenvalue weighted by molar-refractivity contribution is 0.502. The van der Waals surface area contributed by atoms with Crippen LogP contribution in [0.3, 0.4) is 0 Å². The second-order valence-corrected chi connectivity index (χ2v) is 6.02. The molecule has 5 nitrogen and oxygen atoms in total. The Bertz CT molecular complexity index is 754.